The lowest BCUT2D eigenvalue weighted by Crippen LogP contribution is -1.92. The Hall–Kier alpha value is -3.02. The molecule has 0 aliphatic carbocycles. The molecular weight excluding hydrogens is 258 g/mol. The van der Waals surface area contributed by atoms with E-state index in [0.29, 0.717) is 11.5 Å². The molecule has 0 saturated heterocycles. The Labute approximate surface area is 113 Å². The summed E-state index contributed by atoms with van der Waals surface area (Å²) in [6.07, 6.45) is 0. The second kappa shape index (κ2) is 4.93. The first-order valence-corrected chi connectivity index (χ1v) is 5.88. The highest BCUT2D eigenvalue weighted by atomic mass is 16.6. The van der Waals surface area contributed by atoms with Crippen LogP contribution in [0.15, 0.2) is 59.1 Å². The van der Waals surface area contributed by atoms with Crippen LogP contribution in [0.3, 0.4) is 0 Å². The first kappa shape index (κ1) is 12.0. The second-order valence-electron chi connectivity index (χ2n) is 4.06. The van der Waals surface area contributed by atoms with Crippen molar-refractivity contribution in [2.24, 2.45) is 0 Å². The van der Waals surface area contributed by atoms with E-state index in [1.807, 2.05) is 30.3 Å². The minimum atomic E-state index is -0.464. The summed E-state index contributed by atoms with van der Waals surface area (Å²) < 4.78 is 5.16. The van der Waals surface area contributed by atoms with E-state index < -0.39 is 4.92 Å². The minimum Gasteiger partial charge on any atom is -0.334 e. The maximum atomic E-state index is 11.0. The summed E-state index contributed by atoms with van der Waals surface area (Å²) >= 11 is 0. The molecular formula is C14H9N3O3. The molecule has 0 N–H and O–H groups in total. The monoisotopic (exact) mass is 267 g/mol. The Kier molecular flexibility index (Phi) is 2.96. The van der Waals surface area contributed by atoms with Crippen LogP contribution in [-0.4, -0.2) is 15.1 Å². The van der Waals surface area contributed by atoms with Crippen molar-refractivity contribution in [2.45, 2.75) is 0 Å². The molecule has 0 unspecified atom stereocenters. The van der Waals surface area contributed by atoms with Crippen molar-refractivity contribution in [1.29, 1.82) is 0 Å². The van der Waals surface area contributed by atoms with Gasteiger partial charge in [0.15, 0.2) is 0 Å². The largest absolute Gasteiger partial charge is 0.334 e. The fourth-order valence-corrected chi connectivity index (χ4v) is 1.85. The average molecular weight is 267 g/mol. The molecule has 0 atom stereocenters. The van der Waals surface area contributed by atoms with Crippen LogP contribution in [0.2, 0.25) is 0 Å². The highest BCUT2D eigenvalue weighted by Crippen LogP contribution is 2.28. The molecule has 3 aromatic rings. The van der Waals surface area contributed by atoms with Gasteiger partial charge in [-0.25, -0.2) is 0 Å². The fourth-order valence-electron chi connectivity index (χ4n) is 1.85. The standard InChI is InChI=1S/C14H9N3O3/c18-17(19)12-9-5-4-8-11(12)13-15-14(20-16-13)10-6-2-1-3-7-10/h1-9H. The van der Waals surface area contributed by atoms with Crippen LogP contribution in [0, 0.1) is 10.1 Å². The molecule has 98 valence electrons. The van der Waals surface area contributed by atoms with Crippen LogP contribution >= 0.6 is 0 Å². The van der Waals surface area contributed by atoms with Crippen molar-refractivity contribution < 1.29 is 9.45 Å². The Balaban J connectivity index is 2.05. The summed E-state index contributed by atoms with van der Waals surface area (Å²) in [5.74, 6) is 0.537. The first-order chi connectivity index (χ1) is 9.75. The average Bonchev–Trinajstić information content (AvgIpc) is 2.98. The number of hydrogen-bond acceptors (Lipinski definition) is 5. The van der Waals surface area contributed by atoms with Crippen molar-refractivity contribution in [3.63, 3.8) is 0 Å². The van der Waals surface area contributed by atoms with Crippen LogP contribution in [0.5, 0.6) is 0 Å². The van der Waals surface area contributed by atoms with Crippen LogP contribution in [0.25, 0.3) is 22.8 Å². The van der Waals surface area contributed by atoms with Crippen molar-refractivity contribution in [1.82, 2.24) is 10.1 Å². The van der Waals surface area contributed by atoms with Gasteiger partial charge in [0.05, 0.1) is 4.92 Å². The molecule has 0 radical (unpaired) electrons. The third kappa shape index (κ3) is 2.14. The minimum absolute atomic E-state index is 0.0482. The number of aromatic nitrogens is 2. The van der Waals surface area contributed by atoms with Crippen LogP contribution in [0.1, 0.15) is 0 Å². The van der Waals surface area contributed by atoms with Crippen molar-refractivity contribution >= 4 is 5.69 Å². The Morgan fingerprint density at radius 2 is 1.70 bits per heavy atom. The highest BCUT2D eigenvalue weighted by molar-refractivity contribution is 5.68. The highest BCUT2D eigenvalue weighted by Gasteiger charge is 2.19. The zero-order valence-corrected chi connectivity index (χ0v) is 10.3. The molecule has 6 nitrogen and oxygen atoms in total. The maximum absolute atomic E-state index is 11.0. The zero-order valence-electron chi connectivity index (χ0n) is 10.3. The number of hydrogen-bond donors (Lipinski definition) is 0. The van der Waals surface area contributed by atoms with E-state index in [-0.39, 0.29) is 11.5 Å². The van der Waals surface area contributed by atoms with Gasteiger partial charge >= 0.3 is 0 Å². The summed E-state index contributed by atoms with van der Waals surface area (Å²) in [5.41, 5.74) is 1.06. The smallest absolute Gasteiger partial charge is 0.280 e. The van der Waals surface area contributed by atoms with Crippen molar-refractivity contribution in [3.05, 3.63) is 64.7 Å². The molecule has 20 heavy (non-hydrogen) atoms. The Bertz CT molecular complexity index is 753. The molecule has 6 heteroatoms. The molecule has 0 spiro atoms. The van der Waals surface area contributed by atoms with Gasteiger partial charge in [-0.1, -0.05) is 35.5 Å². The van der Waals surface area contributed by atoms with Gasteiger partial charge in [-0.3, -0.25) is 10.1 Å². The van der Waals surface area contributed by atoms with Crippen LogP contribution in [0.4, 0.5) is 5.69 Å². The van der Waals surface area contributed by atoms with Crippen LogP contribution < -0.4 is 0 Å². The maximum Gasteiger partial charge on any atom is 0.280 e. The predicted octanol–water partition coefficient (Wildman–Crippen LogP) is 3.31. The first-order valence-electron chi connectivity index (χ1n) is 5.88. The molecule has 1 heterocycles. The topological polar surface area (TPSA) is 82.1 Å². The molecule has 0 fully saturated rings. The SMILES string of the molecule is O=[N+]([O-])c1ccccc1-c1noc(-c2ccccc2)n1. The van der Waals surface area contributed by atoms with Gasteiger partial charge in [-0.05, 0) is 18.2 Å². The van der Waals surface area contributed by atoms with Gasteiger partial charge in [0.2, 0.25) is 5.82 Å². The molecule has 3 rings (SSSR count). The molecule has 0 saturated carbocycles. The zero-order chi connectivity index (χ0) is 13.9. The lowest BCUT2D eigenvalue weighted by Gasteiger charge is -1.96. The quantitative estimate of drug-likeness (QED) is 0.537. The summed E-state index contributed by atoms with van der Waals surface area (Å²) in [6.45, 7) is 0. The van der Waals surface area contributed by atoms with Crippen molar-refractivity contribution in [3.8, 4) is 22.8 Å². The Morgan fingerprint density at radius 3 is 2.45 bits per heavy atom. The van der Waals surface area contributed by atoms with Gasteiger partial charge < -0.3 is 4.52 Å². The summed E-state index contributed by atoms with van der Waals surface area (Å²) in [7, 11) is 0. The van der Waals surface area contributed by atoms with Gasteiger partial charge in [0, 0.05) is 11.6 Å². The molecule has 0 aliphatic rings. The van der Waals surface area contributed by atoms with Gasteiger partial charge in [-0.15, -0.1) is 0 Å². The van der Waals surface area contributed by atoms with E-state index in [0.717, 1.165) is 5.56 Å². The lowest BCUT2D eigenvalue weighted by atomic mass is 10.1. The lowest BCUT2D eigenvalue weighted by molar-refractivity contribution is -0.384. The van der Waals surface area contributed by atoms with E-state index in [4.69, 9.17) is 4.52 Å². The third-order valence-corrected chi connectivity index (χ3v) is 2.79. The second-order valence-corrected chi connectivity index (χ2v) is 4.06. The predicted molar refractivity (Wildman–Crippen MR) is 71.8 cm³/mol. The van der Waals surface area contributed by atoms with Crippen LogP contribution in [-0.2, 0) is 0 Å². The van der Waals surface area contributed by atoms with Crippen molar-refractivity contribution in [2.75, 3.05) is 0 Å². The summed E-state index contributed by atoms with van der Waals surface area (Å²) in [5, 5.41) is 14.8. The summed E-state index contributed by atoms with van der Waals surface area (Å²) in [4.78, 5) is 14.7. The van der Waals surface area contributed by atoms with Gasteiger partial charge in [-0.2, -0.15) is 4.98 Å². The van der Waals surface area contributed by atoms with E-state index in [2.05, 4.69) is 10.1 Å². The van der Waals surface area contributed by atoms with E-state index in [1.165, 1.54) is 6.07 Å². The van der Waals surface area contributed by atoms with Gasteiger partial charge in [0.1, 0.15) is 5.56 Å². The fraction of sp³-hybridized carbons (Fsp3) is 0. The number of rotatable bonds is 3. The number of nitro benzene ring substituents is 1. The summed E-state index contributed by atoms with van der Waals surface area (Å²) in [6, 6.07) is 15.5. The molecule has 1 aromatic heterocycles. The third-order valence-electron chi connectivity index (χ3n) is 2.79. The molecule has 2 aromatic carbocycles. The molecule has 0 aliphatic heterocycles. The normalized spacial score (nSPS) is 10.4. The van der Waals surface area contributed by atoms with E-state index >= 15 is 0 Å². The number of nitrogens with zero attached hydrogens (tertiary/aromatic N) is 3. The van der Waals surface area contributed by atoms with E-state index in [1.54, 1.807) is 18.2 Å². The number of nitro groups is 1. The molecule has 0 amide bonds. The Morgan fingerprint density at radius 1 is 1.00 bits per heavy atom. The van der Waals surface area contributed by atoms with E-state index in [9.17, 15) is 10.1 Å². The van der Waals surface area contributed by atoms with Gasteiger partial charge in [0.25, 0.3) is 11.6 Å². The number of para-hydroxylation sites is 1. The molecule has 0 bridgehead atoms. The number of benzene rings is 2.